The van der Waals surface area contributed by atoms with E-state index in [0.29, 0.717) is 16.1 Å². The number of carbonyl (C=O) groups is 1. The Bertz CT molecular complexity index is 496. The smallest absolute Gasteiger partial charge is 0.223 e. The molecule has 118 valence electrons. The van der Waals surface area contributed by atoms with E-state index in [2.05, 4.69) is 17.6 Å². The SMILES string of the molecule is CC(NC(=O)[C@H]1CCN[C@@H](C)C1)c1ccc(Cl)cc1Cl.Cl. The van der Waals surface area contributed by atoms with Crippen molar-refractivity contribution in [2.75, 3.05) is 6.54 Å². The molecular formula is C15H21Cl3N2O. The number of rotatable bonds is 3. The molecule has 1 aliphatic heterocycles. The average molecular weight is 352 g/mol. The van der Waals surface area contributed by atoms with E-state index in [1.165, 1.54) is 0 Å². The minimum atomic E-state index is -0.113. The molecule has 1 aliphatic rings. The molecule has 1 aromatic rings. The number of nitrogens with one attached hydrogen (secondary N) is 2. The molecule has 21 heavy (non-hydrogen) atoms. The first-order chi connectivity index (χ1) is 9.47. The van der Waals surface area contributed by atoms with E-state index >= 15 is 0 Å². The molecule has 1 aromatic carbocycles. The van der Waals surface area contributed by atoms with Crippen LogP contribution in [0.5, 0.6) is 0 Å². The Balaban J connectivity index is 0.00000220. The summed E-state index contributed by atoms with van der Waals surface area (Å²) in [5.41, 5.74) is 0.895. The molecule has 0 bridgehead atoms. The predicted molar refractivity (Wildman–Crippen MR) is 90.5 cm³/mol. The third kappa shape index (κ3) is 5.03. The quantitative estimate of drug-likeness (QED) is 0.865. The zero-order valence-electron chi connectivity index (χ0n) is 12.2. The summed E-state index contributed by atoms with van der Waals surface area (Å²) >= 11 is 12.1. The zero-order chi connectivity index (χ0) is 14.7. The zero-order valence-corrected chi connectivity index (χ0v) is 14.5. The molecule has 6 heteroatoms. The number of piperidine rings is 1. The summed E-state index contributed by atoms with van der Waals surface area (Å²) in [6, 6.07) is 5.64. The lowest BCUT2D eigenvalue weighted by Crippen LogP contribution is -2.43. The summed E-state index contributed by atoms with van der Waals surface area (Å²) in [6.07, 6.45) is 1.77. The van der Waals surface area contributed by atoms with Crippen LogP contribution < -0.4 is 10.6 Å². The maximum atomic E-state index is 12.3. The molecule has 0 spiro atoms. The van der Waals surface area contributed by atoms with Crippen LogP contribution in [-0.4, -0.2) is 18.5 Å². The van der Waals surface area contributed by atoms with Crippen LogP contribution in [0.15, 0.2) is 18.2 Å². The van der Waals surface area contributed by atoms with Gasteiger partial charge in [-0.1, -0.05) is 29.3 Å². The Labute approximate surface area is 142 Å². The number of hydrogen-bond acceptors (Lipinski definition) is 2. The Morgan fingerprint density at radius 1 is 1.43 bits per heavy atom. The van der Waals surface area contributed by atoms with E-state index in [-0.39, 0.29) is 30.3 Å². The summed E-state index contributed by atoms with van der Waals surface area (Å²) in [4.78, 5) is 12.3. The van der Waals surface area contributed by atoms with Crippen LogP contribution in [-0.2, 0) is 4.79 Å². The van der Waals surface area contributed by atoms with Gasteiger partial charge in [-0.15, -0.1) is 12.4 Å². The first kappa shape index (κ1) is 18.6. The van der Waals surface area contributed by atoms with Gasteiger partial charge in [-0.05, 0) is 50.9 Å². The second-order valence-corrected chi connectivity index (χ2v) is 6.32. The van der Waals surface area contributed by atoms with E-state index < -0.39 is 0 Å². The van der Waals surface area contributed by atoms with Crippen LogP contribution in [0.4, 0.5) is 0 Å². The first-order valence-electron chi connectivity index (χ1n) is 6.96. The second-order valence-electron chi connectivity index (χ2n) is 5.47. The Morgan fingerprint density at radius 3 is 2.76 bits per heavy atom. The minimum absolute atomic E-state index is 0. The highest BCUT2D eigenvalue weighted by molar-refractivity contribution is 6.35. The fourth-order valence-corrected chi connectivity index (χ4v) is 3.20. The van der Waals surface area contributed by atoms with Gasteiger partial charge in [0.1, 0.15) is 0 Å². The van der Waals surface area contributed by atoms with Crippen molar-refractivity contribution in [1.29, 1.82) is 0 Å². The van der Waals surface area contributed by atoms with Crippen molar-refractivity contribution in [3.8, 4) is 0 Å². The lowest BCUT2D eigenvalue weighted by Gasteiger charge is -2.28. The van der Waals surface area contributed by atoms with Gasteiger partial charge in [0.15, 0.2) is 0 Å². The van der Waals surface area contributed by atoms with E-state index in [0.717, 1.165) is 24.9 Å². The van der Waals surface area contributed by atoms with E-state index in [1.807, 2.05) is 13.0 Å². The van der Waals surface area contributed by atoms with Gasteiger partial charge >= 0.3 is 0 Å². The summed E-state index contributed by atoms with van der Waals surface area (Å²) in [7, 11) is 0. The van der Waals surface area contributed by atoms with Gasteiger partial charge in [-0.2, -0.15) is 0 Å². The van der Waals surface area contributed by atoms with Crippen molar-refractivity contribution in [3.05, 3.63) is 33.8 Å². The molecule has 2 N–H and O–H groups in total. The standard InChI is InChI=1S/C15H20Cl2N2O.ClH/c1-9-7-11(5-6-18-9)15(20)19-10(2)13-4-3-12(16)8-14(13)17;/h3-4,8-11,18H,5-7H2,1-2H3,(H,19,20);1H/t9-,10?,11-;/m0./s1. The van der Waals surface area contributed by atoms with Gasteiger partial charge in [0.05, 0.1) is 6.04 Å². The van der Waals surface area contributed by atoms with Crippen LogP contribution in [0.2, 0.25) is 10.0 Å². The lowest BCUT2D eigenvalue weighted by atomic mass is 9.92. The Morgan fingerprint density at radius 2 is 2.14 bits per heavy atom. The van der Waals surface area contributed by atoms with Crippen LogP contribution in [0.3, 0.4) is 0 Å². The summed E-state index contributed by atoms with van der Waals surface area (Å²) in [6.45, 7) is 4.95. The van der Waals surface area contributed by atoms with Gasteiger partial charge < -0.3 is 10.6 Å². The van der Waals surface area contributed by atoms with Gasteiger partial charge in [-0.3, -0.25) is 4.79 Å². The van der Waals surface area contributed by atoms with Gasteiger partial charge in [0, 0.05) is 22.0 Å². The number of benzene rings is 1. The topological polar surface area (TPSA) is 41.1 Å². The molecule has 1 fully saturated rings. The van der Waals surface area contributed by atoms with Crippen LogP contribution in [0.1, 0.15) is 38.3 Å². The van der Waals surface area contributed by atoms with Crippen molar-refractivity contribution in [1.82, 2.24) is 10.6 Å². The maximum Gasteiger partial charge on any atom is 0.223 e. The highest BCUT2D eigenvalue weighted by atomic mass is 35.5. The minimum Gasteiger partial charge on any atom is -0.349 e. The third-order valence-corrected chi connectivity index (χ3v) is 4.34. The number of carbonyl (C=O) groups excluding carboxylic acids is 1. The summed E-state index contributed by atoms with van der Waals surface area (Å²) in [5.74, 6) is 0.191. The highest BCUT2D eigenvalue weighted by Gasteiger charge is 2.26. The Kier molecular flexibility index (Phi) is 7.28. The van der Waals surface area contributed by atoms with Crippen molar-refractivity contribution in [2.24, 2.45) is 5.92 Å². The van der Waals surface area contributed by atoms with Gasteiger partial charge in [0.25, 0.3) is 0 Å². The van der Waals surface area contributed by atoms with E-state index in [4.69, 9.17) is 23.2 Å². The summed E-state index contributed by atoms with van der Waals surface area (Å²) < 4.78 is 0. The molecule has 0 aliphatic carbocycles. The number of halogens is 3. The first-order valence-corrected chi connectivity index (χ1v) is 7.71. The average Bonchev–Trinajstić information content (AvgIpc) is 2.38. The molecule has 0 aromatic heterocycles. The largest absolute Gasteiger partial charge is 0.349 e. The molecular weight excluding hydrogens is 331 g/mol. The van der Waals surface area contributed by atoms with E-state index in [9.17, 15) is 4.79 Å². The molecule has 3 atom stereocenters. The van der Waals surface area contributed by atoms with Crippen molar-refractivity contribution in [3.63, 3.8) is 0 Å². The van der Waals surface area contributed by atoms with Crippen molar-refractivity contribution < 1.29 is 4.79 Å². The predicted octanol–water partition coefficient (Wildman–Crippen LogP) is 3.98. The Hall–Kier alpha value is -0.480. The highest BCUT2D eigenvalue weighted by Crippen LogP contribution is 2.27. The number of amides is 1. The van der Waals surface area contributed by atoms with Gasteiger partial charge in [-0.25, -0.2) is 0 Å². The summed E-state index contributed by atoms with van der Waals surface area (Å²) in [5, 5.41) is 7.59. The fourth-order valence-electron chi connectivity index (χ4n) is 2.63. The third-order valence-electron chi connectivity index (χ3n) is 3.78. The molecule has 0 saturated carbocycles. The molecule has 2 rings (SSSR count). The van der Waals surface area contributed by atoms with E-state index in [1.54, 1.807) is 12.1 Å². The monoisotopic (exact) mass is 350 g/mol. The fraction of sp³-hybridized carbons (Fsp3) is 0.533. The van der Waals surface area contributed by atoms with Crippen LogP contribution >= 0.6 is 35.6 Å². The second kappa shape index (κ2) is 8.23. The van der Waals surface area contributed by atoms with Crippen molar-refractivity contribution >= 4 is 41.5 Å². The van der Waals surface area contributed by atoms with Crippen LogP contribution in [0, 0.1) is 5.92 Å². The number of hydrogen-bond donors (Lipinski definition) is 2. The molecule has 1 amide bonds. The normalized spacial score (nSPS) is 23.0. The molecule has 3 nitrogen and oxygen atoms in total. The van der Waals surface area contributed by atoms with Crippen molar-refractivity contribution in [2.45, 2.75) is 38.8 Å². The lowest BCUT2D eigenvalue weighted by molar-refractivity contribution is -0.126. The molecule has 0 radical (unpaired) electrons. The van der Waals surface area contributed by atoms with Crippen LogP contribution in [0.25, 0.3) is 0 Å². The molecule has 1 unspecified atom stereocenters. The molecule has 1 saturated heterocycles. The molecule has 1 heterocycles. The van der Waals surface area contributed by atoms with Gasteiger partial charge in [0.2, 0.25) is 5.91 Å². The maximum absolute atomic E-state index is 12.3.